The van der Waals surface area contributed by atoms with Crippen molar-refractivity contribution < 1.29 is 4.74 Å². The molecule has 1 aromatic carbocycles. The Balaban J connectivity index is 1.55. The number of rotatable bonds is 7. The molecule has 4 aromatic heterocycles. The molecular formula is C22H22N6O2S. The van der Waals surface area contributed by atoms with E-state index in [2.05, 4.69) is 23.2 Å². The number of hydrogen-bond acceptors (Lipinski definition) is 6. The van der Waals surface area contributed by atoms with Gasteiger partial charge in [0, 0.05) is 38.4 Å². The number of thioether (sulfide) groups is 1. The van der Waals surface area contributed by atoms with Gasteiger partial charge >= 0.3 is 0 Å². The van der Waals surface area contributed by atoms with E-state index in [1.807, 2.05) is 51.5 Å². The number of hydrogen-bond donors (Lipinski definition) is 0. The van der Waals surface area contributed by atoms with Crippen molar-refractivity contribution in [1.29, 1.82) is 0 Å². The molecule has 0 bridgehead atoms. The van der Waals surface area contributed by atoms with Crippen LogP contribution in [0.2, 0.25) is 0 Å². The first-order chi connectivity index (χ1) is 15.2. The number of imidazole rings is 1. The van der Waals surface area contributed by atoms with Crippen LogP contribution in [0.15, 0.2) is 58.7 Å². The number of para-hydroxylation sites is 1. The maximum Gasteiger partial charge on any atom is 0.262 e. The summed E-state index contributed by atoms with van der Waals surface area (Å²) in [6.45, 7) is 3.16. The SMILES string of the molecule is COCCCn1c(=O)c2ccccc2n2c(SCc3cn4cccc(C)c4n3)nnc12. The number of aromatic nitrogens is 6. The fraction of sp³-hybridized carbons (Fsp3) is 0.273. The summed E-state index contributed by atoms with van der Waals surface area (Å²) in [5.41, 5.74) is 3.82. The van der Waals surface area contributed by atoms with E-state index in [1.54, 1.807) is 23.4 Å². The molecule has 9 heteroatoms. The van der Waals surface area contributed by atoms with Crippen molar-refractivity contribution in [1.82, 2.24) is 28.5 Å². The minimum Gasteiger partial charge on any atom is -0.385 e. The van der Waals surface area contributed by atoms with E-state index in [0.717, 1.165) is 34.0 Å². The number of ether oxygens (including phenoxy) is 1. The van der Waals surface area contributed by atoms with Crippen LogP contribution in [-0.4, -0.2) is 42.3 Å². The lowest BCUT2D eigenvalue weighted by Gasteiger charge is -2.11. The average molecular weight is 435 g/mol. The van der Waals surface area contributed by atoms with E-state index in [-0.39, 0.29) is 5.56 Å². The van der Waals surface area contributed by atoms with Crippen molar-refractivity contribution >= 4 is 34.1 Å². The van der Waals surface area contributed by atoms with Crippen LogP contribution in [0.4, 0.5) is 0 Å². The summed E-state index contributed by atoms with van der Waals surface area (Å²) in [5, 5.41) is 10.2. The van der Waals surface area contributed by atoms with E-state index < -0.39 is 0 Å². The Hall–Kier alpha value is -3.17. The van der Waals surface area contributed by atoms with Crippen molar-refractivity contribution in [3.8, 4) is 0 Å². The standard InChI is InChI=1S/C22H22N6O2S/c1-15-7-5-10-26-13-16(23-19(15)26)14-31-22-25-24-21-27(11-6-12-30-2)20(29)17-8-3-4-9-18(17)28(21)22/h3-5,7-10,13H,6,11-12,14H2,1-2H3. The van der Waals surface area contributed by atoms with Gasteiger partial charge in [-0.3, -0.25) is 13.8 Å². The minimum atomic E-state index is -0.0565. The topological polar surface area (TPSA) is 78.7 Å². The Labute approximate surface area is 182 Å². The molecule has 0 fully saturated rings. The van der Waals surface area contributed by atoms with Crippen molar-refractivity contribution in [3.05, 3.63) is 70.4 Å². The van der Waals surface area contributed by atoms with Crippen LogP contribution in [-0.2, 0) is 17.0 Å². The highest BCUT2D eigenvalue weighted by Crippen LogP contribution is 2.25. The third-order valence-corrected chi connectivity index (χ3v) is 6.25. The van der Waals surface area contributed by atoms with Gasteiger partial charge in [0.05, 0.1) is 16.6 Å². The normalized spacial score (nSPS) is 11.8. The smallest absolute Gasteiger partial charge is 0.262 e. The summed E-state index contributed by atoms with van der Waals surface area (Å²) < 4.78 is 10.9. The average Bonchev–Trinajstić information content (AvgIpc) is 3.40. The first-order valence-electron chi connectivity index (χ1n) is 10.1. The molecule has 0 unspecified atom stereocenters. The Morgan fingerprint density at radius 2 is 2.00 bits per heavy atom. The summed E-state index contributed by atoms with van der Waals surface area (Å²) in [6, 6.07) is 11.7. The van der Waals surface area contributed by atoms with Crippen LogP contribution in [0.1, 0.15) is 17.7 Å². The summed E-state index contributed by atoms with van der Waals surface area (Å²) in [4.78, 5) is 17.8. The molecule has 0 N–H and O–H groups in total. The second-order valence-electron chi connectivity index (χ2n) is 7.38. The monoisotopic (exact) mass is 434 g/mol. The zero-order valence-corrected chi connectivity index (χ0v) is 18.2. The number of benzene rings is 1. The fourth-order valence-electron chi connectivity index (χ4n) is 3.81. The lowest BCUT2D eigenvalue weighted by atomic mass is 10.2. The molecule has 5 rings (SSSR count). The molecule has 158 valence electrons. The zero-order valence-electron chi connectivity index (χ0n) is 17.4. The van der Waals surface area contributed by atoms with Crippen molar-refractivity contribution in [2.75, 3.05) is 13.7 Å². The molecule has 0 aliphatic carbocycles. The molecule has 0 aliphatic rings. The summed E-state index contributed by atoms with van der Waals surface area (Å²) in [7, 11) is 1.66. The quantitative estimate of drug-likeness (QED) is 0.289. The highest BCUT2D eigenvalue weighted by molar-refractivity contribution is 7.98. The highest BCUT2D eigenvalue weighted by Gasteiger charge is 2.17. The molecule has 0 radical (unpaired) electrons. The van der Waals surface area contributed by atoms with Crippen molar-refractivity contribution in [3.63, 3.8) is 0 Å². The molecule has 4 heterocycles. The second-order valence-corrected chi connectivity index (χ2v) is 8.32. The Morgan fingerprint density at radius 1 is 1.13 bits per heavy atom. The van der Waals surface area contributed by atoms with Crippen molar-refractivity contribution in [2.24, 2.45) is 0 Å². The number of pyridine rings is 1. The minimum absolute atomic E-state index is 0.0565. The van der Waals surface area contributed by atoms with E-state index in [1.165, 1.54) is 0 Å². The maximum absolute atomic E-state index is 13.1. The maximum atomic E-state index is 13.1. The molecule has 0 amide bonds. The molecular weight excluding hydrogens is 412 g/mol. The van der Waals surface area contributed by atoms with Gasteiger partial charge in [-0.15, -0.1) is 10.2 Å². The zero-order chi connectivity index (χ0) is 21.4. The van der Waals surface area contributed by atoms with Crippen LogP contribution < -0.4 is 5.56 Å². The molecule has 5 aromatic rings. The van der Waals surface area contributed by atoms with Gasteiger partial charge in [0.2, 0.25) is 5.78 Å². The molecule has 0 saturated carbocycles. The molecule has 0 saturated heterocycles. The third-order valence-electron chi connectivity index (χ3n) is 5.29. The Bertz CT molecular complexity index is 1450. The molecule has 31 heavy (non-hydrogen) atoms. The van der Waals surface area contributed by atoms with Crippen LogP contribution in [0.3, 0.4) is 0 Å². The first kappa shape index (κ1) is 19.8. The largest absolute Gasteiger partial charge is 0.385 e. The van der Waals surface area contributed by atoms with Crippen molar-refractivity contribution in [2.45, 2.75) is 30.8 Å². The molecule has 0 aliphatic heterocycles. The number of fused-ring (bicyclic) bond motifs is 4. The summed E-state index contributed by atoms with van der Waals surface area (Å²) >= 11 is 1.56. The van der Waals surface area contributed by atoms with Crippen LogP contribution in [0, 0.1) is 6.92 Å². The van der Waals surface area contributed by atoms with E-state index in [4.69, 9.17) is 9.72 Å². The van der Waals surface area contributed by atoms with E-state index in [0.29, 0.717) is 30.1 Å². The molecule has 0 atom stereocenters. The first-order valence-corrected chi connectivity index (χ1v) is 11.1. The summed E-state index contributed by atoms with van der Waals surface area (Å²) in [5.74, 6) is 1.20. The van der Waals surface area contributed by atoms with Gasteiger partial charge in [0.25, 0.3) is 5.56 Å². The Morgan fingerprint density at radius 3 is 2.84 bits per heavy atom. The van der Waals surface area contributed by atoms with Gasteiger partial charge in [0.1, 0.15) is 5.65 Å². The van der Waals surface area contributed by atoms with E-state index in [9.17, 15) is 4.79 Å². The number of methoxy groups -OCH3 is 1. The van der Waals surface area contributed by atoms with Crippen LogP contribution in [0.25, 0.3) is 22.3 Å². The van der Waals surface area contributed by atoms with Gasteiger partial charge < -0.3 is 9.14 Å². The fourth-order valence-corrected chi connectivity index (χ4v) is 4.63. The number of aryl methyl sites for hydroxylation is 2. The van der Waals surface area contributed by atoms with Gasteiger partial charge in [-0.2, -0.15) is 0 Å². The second kappa shape index (κ2) is 8.16. The third kappa shape index (κ3) is 3.49. The van der Waals surface area contributed by atoms with E-state index >= 15 is 0 Å². The lowest BCUT2D eigenvalue weighted by Crippen LogP contribution is -2.24. The van der Waals surface area contributed by atoms with Crippen LogP contribution in [0.5, 0.6) is 0 Å². The van der Waals surface area contributed by atoms with Gasteiger partial charge in [0.15, 0.2) is 5.16 Å². The Kier molecular flexibility index (Phi) is 5.21. The van der Waals surface area contributed by atoms with Crippen LogP contribution >= 0.6 is 11.8 Å². The summed E-state index contributed by atoms with van der Waals surface area (Å²) in [6.07, 6.45) is 4.76. The molecule has 0 spiro atoms. The molecule has 8 nitrogen and oxygen atoms in total. The predicted octanol–water partition coefficient (Wildman–Crippen LogP) is 3.33. The van der Waals surface area contributed by atoms with Gasteiger partial charge in [-0.1, -0.05) is 30.0 Å². The van der Waals surface area contributed by atoms with Gasteiger partial charge in [-0.05, 0) is 37.1 Å². The lowest BCUT2D eigenvalue weighted by molar-refractivity contribution is 0.190. The predicted molar refractivity (Wildman–Crippen MR) is 121 cm³/mol. The van der Waals surface area contributed by atoms with Gasteiger partial charge in [-0.25, -0.2) is 4.98 Å². The highest BCUT2D eigenvalue weighted by atomic mass is 32.2. The number of nitrogens with zero attached hydrogens (tertiary/aromatic N) is 6.